The number of aromatic nitrogens is 4. The molecule has 1 aromatic carbocycles. The van der Waals surface area contributed by atoms with Crippen LogP contribution in [0.2, 0.25) is 5.02 Å². The van der Waals surface area contributed by atoms with E-state index in [1.807, 2.05) is 0 Å². The number of ether oxygens (including phenoxy) is 1. The molecule has 0 aliphatic heterocycles. The number of carbonyl (C=O) groups excluding carboxylic acids is 1. The molecule has 4 rings (SSSR count). The molecule has 0 spiro atoms. The summed E-state index contributed by atoms with van der Waals surface area (Å²) in [5.41, 5.74) is -2.65. The molecule has 0 fully saturated rings. The van der Waals surface area contributed by atoms with Gasteiger partial charge in [0.15, 0.2) is 11.5 Å². The number of pyridine rings is 1. The summed E-state index contributed by atoms with van der Waals surface area (Å²) >= 11 is 6.09. The van der Waals surface area contributed by atoms with Crippen molar-refractivity contribution in [3.8, 4) is 22.6 Å². The summed E-state index contributed by atoms with van der Waals surface area (Å²) in [6.45, 7) is 1.11. The lowest BCUT2D eigenvalue weighted by Crippen LogP contribution is -2.17. The molecule has 0 amide bonds. The van der Waals surface area contributed by atoms with Crippen molar-refractivity contribution in [2.45, 2.75) is 19.6 Å². The Morgan fingerprint density at radius 2 is 2.00 bits per heavy atom. The molecule has 0 atom stereocenters. The van der Waals surface area contributed by atoms with Crippen LogP contribution in [0.15, 0.2) is 53.3 Å². The maximum absolute atomic E-state index is 14.6. The van der Waals surface area contributed by atoms with Crippen LogP contribution in [0.25, 0.3) is 22.6 Å². The van der Waals surface area contributed by atoms with E-state index in [4.69, 9.17) is 20.9 Å². The molecule has 0 radical (unpaired) electrons. The minimum Gasteiger partial charge on any atom is -0.462 e. The molecule has 0 saturated heterocycles. The molecule has 4 aromatic rings. The second kappa shape index (κ2) is 9.26. The van der Waals surface area contributed by atoms with Gasteiger partial charge in [-0.15, -0.1) is 0 Å². The van der Waals surface area contributed by atoms with Crippen molar-refractivity contribution in [2.75, 3.05) is 6.61 Å². The Bertz CT molecular complexity index is 1320. The SMILES string of the molecule is CCOC(=O)c1c(-c2c(F)cccc2Cl)noc1-c1cnn(Cc2ccccn2)c1C(F)(F)F. The zero-order chi connectivity index (χ0) is 24.5. The molecular formula is C22H15ClF4N4O3. The van der Waals surface area contributed by atoms with Crippen LogP contribution in [0, 0.1) is 5.82 Å². The number of nitrogens with zero attached hydrogens (tertiary/aromatic N) is 4. The van der Waals surface area contributed by atoms with Crippen LogP contribution < -0.4 is 0 Å². The second-order valence-corrected chi connectivity index (χ2v) is 7.34. The first-order valence-electron chi connectivity index (χ1n) is 9.86. The summed E-state index contributed by atoms with van der Waals surface area (Å²) < 4.78 is 67.8. The number of esters is 1. The van der Waals surface area contributed by atoms with Gasteiger partial charge in [0.25, 0.3) is 0 Å². The number of hydrogen-bond acceptors (Lipinski definition) is 6. The summed E-state index contributed by atoms with van der Waals surface area (Å²) in [4.78, 5) is 16.8. The molecule has 0 bridgehead atoms. The minimum absolute atomic E-state index is 0.0983. The lowest BCUT2D eigenvalue weighted by atomic mass is 10.0. The third-order valence-corrected chi connectivity index (χ3v) is 5.08. The first-order valence-corrected chi connectivity index (χ1v) is 10.2. The Balaban J connectivity index is 1.93. The van der Waals surface area contributed by atoms with Crippen LogP contribution in [-0.2, 0) is 17.5 Å². The van der Waals surface area contributed by atoms with Crippen molar-refractivity contribution in [2.24, 2.45) is 0 Å². The zero-order valence-electron chi connectivity index (χ0n) is 17.4. The average Bonchev–Trinajstić information content (AvgIpc) is 3.39. The van der Waals surface area contributed by atoms with Gasteiger partial charge < -0.3 is 9.26 Å². The number of halogens is 5. The van der Waals surface area contributed by atoms with Gasteiger partial charge in [0, 0.05) is 6.20 Å². The van der Waals surface area contributed by atoms with Gasteiger partial charge >= 0.3 is 12.1 Å². The van der Waals surface area contributed by atoms with Gasteiger partial charge in [-0.3, -0.25) is 9.67 Å². The molecule has 0 N–H and O–H groups in total. The average molecular weight is 495 g/mol. The normalized spacial score (nSPS) is 11.6. The largest absolute Gasteiger partial charge is 0.462 e. The highest BCUT2D eigenvalue weighted by Crippen LogP contribution is 2.42. The van der Waals surface area contributed by atoms with E-state index >= 15 is 0 Å². The predicted octanol–water partition coefficient (Wildman–Crippen LogP) is 5.64. The highest BCUT2D eigenvalue weighted by Gasteiger charge is 2.42. The van der Waals surface area contributed by atoms with Crippen molar-refractivity contribution in [1.82, 2.24) is 19.9 Å². The van der Waals surface area contributed by atoms with E-state index in [0.29, 0.717) is 10.4 Å². The fraction of sp³-hybridized carbons (Fsp3) is 0.182. The van der Waals surface area contributed by atoms with Crippen LogP contribution in [0.3, 0.4) is 0 Å². The van der Waals surface area contributed by atoms with Gasteiger partial charge in [0.05, 0.1) is 41.2 Å². The fourth-order valence-electron chi connectivity index (χ4n) is 3.38. The molecule has 34 heavy (non-hydrogen) atoms. The van der Waals surface area contributed by atoms with E-state index in [1.165, 1.54) is 31.3 Å². The van der Waals surface area contributed by atoms with Crippen molar-refractivity contribution in [3.05, 3.63) is 76.6 Å². The van der Waals surface area contributed by atoms with Crippen LogP contribution in [0.1, 0.15) is 28.7 Å². The number of benzene rings is 1. The number of hydrogen-bond donors (Lipinski definition) is 0. The van der Waals surface area contributed by atoms with Crippen LogP contribution >= 0.6 is 11.6 Å². The van der Waals surface area contributed by atoms with E-state index in [2.05, 4.69) is 15.2 Å². The Labute approximate surface area is 194 Å². The molecule has 7 nitrogen and oxygen atoms in total. The van der Waals surface area contributed by atoms with E-state index in [0.717, 1.165) is 12.3 Å². The number of rotatable bonds is 6. The Morgan fingerprint density at radius 3 is 2.65 bits per heavy atom. The lowest BCUT2D eigenvalue weighted by Gasteiger charge is -2.12. The van der Waals surface area contributed by atoms with E-state index in [9.17, 15) is 22.4 Å². The third kappa shape index (κ3) is 4.38. The standard InChI is InChI=1S/C22H15ClF4N4O3/c1-2-33-21(32)17-18(16-14(23)7-5-8-15(16)24)30-34-19(17)13-10-29-31(20(13)22(25,26)27)11-12-6-3-4-9-28-12/h3-10H,2,11H2,1H3. The van der Waals surface area contributed by atoms with Gasteiger partial charge in [-0.25, -0.2) is 9.18 Å². The number of carbonyl (C=O) groups is 1. The maximum atomic E-state index is 14.6. The van der Waals surface area contributed by atoms with Crippen molar-refractivity contribution in [1.29, 1.82) is 0 Å². The third-order valence-electron chi connectivity index (χ3n) is 4.76. The topological polar surface area (TPSA) is 83.0 Å². The fourth-order valence-corrected chi connectivity index (χ4v) is 3.63. The van der Waals surface area contributed by atoms with E-state index < -0.39 is 40.5 Å². The Hall–Kier alpha value is -3.73. The lowest BCUT2D eigenvalue weighted by molar-refractivity contribution is -0.143. The molecule has 0 unspecified atom stereocenters. The van der Waals surface area contributed by atoms with Crippen molar-refractivity contribution < 1.29 is 31.6 Å². The van der Waals surface area contributed by atoms with Gasteiger partial charge in [-0.2, -0.15) is 18.3 Å². The summed E-state index contributed by atoms with van der Waals surface area (Å²) in [6.07, 6.45) is -2.57. The molecule has 0 saturated carbocycles. The second-order valence-electron chi connectivity index (χ2n) is 6.94. The molecule has 0 aliphatic carbocycles. The van der Waals surface area contributed by atoms with E-state index in [-0.39, 0.29) is 29.4 Å². The van der Waals surface area contributed by atoms with Crippen molar-refractivity contribution in [3.63, 3.8) is 0 Å². The van der Waals surface area contributed by atoms with Gasteiger partial charge in [0.1, 0.15) is 17.1 Å². The first-order chi connectivity index (χ1) is 16.2. The molecule has 3 heterocycles. The quantitative estimate of drug-likeness (QED) is 0.255. The molecule has 0 aliphatic rings. The summed E-state index contributed by atoms with van der Waals surface area (Å²) in [5, 5.41) is 7.40. The van der Waals surface area contributed by atoms with Crippen LogP contribution in [-0.4, -0.2) is 32.5 Å². The van der Waals surface area contributed by atoms with Gasteiger partial charge in [-0.05, 0) is 31.2 Å². The zero-order valence-corrected chi connectivity index (χ0v) is 18.2. The summed E-state index contributed by atoms with van der Waals surface area (Å²) in [6, 6.07) is 8.53. The smallest absolute Gasteiger partial charge is 0.433 e. The summed E-state index contributed by atoms with van der Waals surface area (Å²) in [7, 11) is 0. The van der Waals surface area contributed by atoms with Crippen molar-refractivity contribution >= 4 is 17.6 Å². The van der Waals surface area contributed by atoms with E-state index in [1.54, 1.807) is 12.1 Å². The number of alkyl halides is 3. The molecule has 176 valence electrons. The first kappa shape index (κ1) is 23.4. The monoisotopic (exact) mass is 494 g/mol. The van der Waals surface area contributed by atoms with Gasteiger partial charge in [-0.1, -0.05) is 28.9 Å². The Morgan fingerprint density at radius 1 is 1.21 bits per heavy atom. The van der Waals surface area contributed by atoms with Crippen LogP contribution in [0.4, 0.5) is 17.6 Å². The minimum atomic E-state index is -4.89. The Kier molecular flexibility index (Phi) is 6.38. The predicted molar refractivity (Wildman–Crippen MR) is 112 cm³/mol. The van der Waals surface area contributed by atoms with Crippen LogP contribution in [0.5, 0.6) is 0 Å². The molecule has 3 aromatic heterocycles. The highest BCUT2D eigenvalue weighted by atomic mass is 35.5. The highest BCUT2D eigenvalue weighted by molar-refractivity contribution is 6.33. The molecular weight excluding hydrogens is 480 g/mol. The maximum Gasteiger partial charge on any atom is 0.433 e. The summed E-state index contributed by atoms with van der Waals surface area (Å²) in [5.74, 6) is -2.48. The molecule has 12 heteroatoms. The van der Waals surface area contributed by atoms with Gasteiger partial charge in [0.2, 0.25) is 0 Å².